The van der Waals surface area contributed by atoms with E-state index in [4.69, 9.17) is 0 Å². The van der Waals surface area contributed by atoms with Gasteiger partial charge in [0.25, 0.3) is 5.91 Å². The highest BCUT2D eigenvalue weighted by Gasteiger charge is 2.34. The Hall–Kier alpha value is -3.03. The molecule has 30 heavy (non-hydrogen) atoms. The van der Waals surface area contributed by atoms with E-state index in [1.54, 1.807) is 34.3 Å². The lowest BCUT2D eigenvalue weighted by atomic mass is 9.95. The molecule has 2 aromatic rings. The average molecular weight is 417 g/mol. The van der Waals surface area contributed by atoms with Crippen LogP contribution in [0.15, 0.2) is 48.8 Å². The van der Waals surface area contributed by atoms with Crippen molar-refractivity contribution in [1.29, 1.82) is 0 Å². The maximum Gasteiger partial charge on any atom is 0.387 e. The van der Waals surface area contributed by atoms with Gasteiger partial charge in [-0.25, -0.2) is 0 Å². The van der Waals surface area contributed by atoms with E-state index in [2.05, 4.69) is 9.72 Å². The van der Waals surface area contributed by atoms with Gasteiger partial charge in [0.15, 0.2) is 0 Å². The molecular weight excluding hydrogens is 392 g/mol. The summed E-state index contributed by atoms with van der Waals surface area (Å²) in [6.07, 6.45) is 4.59. The Morgan fingerprint density at radius 1 is 1.20 bits per heavy atom. The molecule has 160 valence electrons. The number of pyridine rings is 1. The molecule has 2 heterocycles. The largest absolute Gasteiger partial charge is 0.434 e. The van der Waals surface area contributed by atoms with Crippen molar-refractivity contribution in [2.45, 2.75) is 39.3 Å². The topological polar surface area (TPSA) is 62.7 Å². The van der Waals surface area contributed by atoms with E-state index in [1.807, 2.05) is 19.9 Å². The number of benzene rings is 1. The number of hydrogen-bond donors (Lipinski definition) is 0. The summed E-state index contributed by atoms with van der Waals surface area (Å²) in [5.41, 5.74) is 0.774. The molecule has 1 unspecified atom stereocenters. The van der Waals surface area contributed by atoms with Crippen molar-refractivity contribution in [3.8, 4) is 5.75 Å². The first-order valence-corrected chi connectivity index (χ1v) is 9.94. The van der Waals surface area contributed by atoms with Crippen LogP contribution in [0.5, 0.6) is 5.75 Å². The minimum absolute atomic E-state index is 0.0684. The molecule has 1 aliphatic rings. The van der Waals surface area contributed by atoms with Gasteiger partial charge in [0.2, 0.25) is 5.91 Å². The zero-order valence-corrected chi connectivity index (χ0v) is 17.0. The normalized spacial score (nSPS) is 16.6. The number of anilines is 1. The molecule has 0 radical (unpaired) electrons. The Bertz CT molecular complexity index is 877. The predicted molar refractivity (Wildman–Crippen MR) is 109 cm³/mol. The molecule has 0 spiro atoms. The molecule has 1 fully saturated rings. The van der Waals surface area contributed by atoms with Crippen LogP contribution in [0.4, 0.5) is 14.5 Å². The van der Waals surface area contributed by atoms with Crippen LogP contribution < -0.4 is 9.64 Å². The highest BCUT2D eigenvalue weighted by Crippen LogP contribution is 2.27. The van der Waals surface area contributed by atoms with Crippen LogP contribution in [0, 0.1) is 5.92 Å². The van der Waals surface area contributed by atoms with Crippen molar-refractivity contribution in [1.82, 2.24) is 9.88 Å². The lowest BCUT2D eigenvalue weighted by molar-refractivity contribution is -0.124. The third-order valence-electron chi connectivity index (χ3n) is 5.07. The number of aromatic nitrogens is 1. The van der Waals surface area contributed by atoms with Gasteiger partial charge in [0, 0.05) is 25.3 Å². The summed E-state index contributed by atoms with van der Waals surface area (Å²) in [7, 11) is 0. The van der Waals surface area contributed by atoms with Gasteiger partial charge in [-0.2, -0.15) is 8.78 Å². The zero-order chi connectivity index (χ0) is 21.7. The Morgan fingerprint density at radius 2 is 1.97 bits per heavy atom. The van der Waals surface area contributed by atoms with E-state index in [-0.39, 0.29) is 35.7 Å². The van der Waals surface area contributed by atoms with E-state index in [0.717, 1.165) is 0 Å². The highest BCUT2D eigenvalue weighted by atomic mass is 19.3. The maximum absolute atomic E-state index is 13.3. The molecular formula is C22H25F2N3O3. The monoisotopic (exact) mass is 417 g/mol. The molecule has 8 heteroatoms. The molecule has 0 saturated carbocycles. The van der Waals surface area contributed by atoms with Crippen LogP contribution in [0.3, 0.4) is 0 Å². The highest BCUT2D eigenvalue weighted by molar-refractivity contribution is 5.99. The summed E-state index contributed by atoms with van der Waals surface area (Å²) in [5.74, 6) is -1.03. The maximum atomic E-state index is 13.3. The van der Waals surface area contributed by atoms with E-state index in [9.17, 15) is 18.4 Å². The number of rotatable bonds is 6. The van der Waals surface area contributed by atoms with Crippen LogP contribution in [0.2, 0.25) is 0 Å². The first-order valence-electron chi connectivity index (χ1n) is 9.94. The number of ether oxygens (including phenoxy) is 1. The fourth-order valence-corrected chi connectivity index (χ4v) is 3.75. The van der Waals surface area contributed by atoms with Crippen molar-refractivity contribution in [3.05, 3.63) is 54.4 Å². The Balaban J connectivity index is 1.78. The lowest BCUT2D eigenvalue weighted by Crippen LogP contribution is -2.48. The molecule has 0 aliphatic carbocycles. The average Bonchev–Trinajstić information content (AvgIpc) is 2.74. The predicted octanol–water partition coefficient (Wildman–Crippen LogP) is 3.98. The van der Waals surface area contributed by atoms with E-state index in [1.165, 1.54) is 18.2 Å². The third kappa shape index (κ3) is 4.93. The SMILES string of the molecule is CC(C)N(C(=O)C1CCCN(C(=O)c2ccccc2OC(F)F)C1)c1cccnc1. The van der Waals surface area contributed by atoms with Crippen molar-refractivity contribution in [2.24, 2.45) is 5.92 Å². The number of piperidine rings is 1. The number of amides is 2. The van der Waals surface area contributed by atoms with Crippen LogP contribution in [0.25, 0.3) is 0 Å². The van der Waals surface area contributed by atoms with Crippen LogP contribution in [-0.2, 0) is 4.79 Å². The molecule has 1 aromatic carbocycles. The molecule has 2 amide bonds. The fraction of sp³-hybridized carbons (Fsp3) is 0.409. The van der Waals surface area contributed by atoms with E-state index in [0.29, 0.717) is 25.1 Å². The van der Waals surface area contributed by atoms with Crippen LogP contribution in [-0.4, -0.2) is 47.4 Å². The number of hydrogen-bond acceptors (Lipinski definition) is 4. The van der Waals surface area contributed by atoms with Gasteiger partial charge in [-0.05, 0) is 51.0 Å². The van der Waals surface area contributed by atoms with Gasteiger partial charge >= 0.3 is 6.61 Å². The van der Waals surface area contributed by atoms with Crippen LogP contribution in [0.1, 0.15) is 37.0 Å². The Morgan fingerprint density at radius 3 is 2.63 bits per heavy atom. The molecule has 1 atom stereocenters. The smallest absolute Gasteiger partial charge is 0.387 e. The number of nitrogens with zero attached hydrogens (tertiary/aromatic N) is 3. The first kappa shape index (κ1) is 21.7. The molecule has 1 saturated heterocycles. The summed E-state index contributed by atoms with van der Waals surface area (Å²) < 4.78 is 29.9. The van der Waals surface area contributed by atoms with Crippen molar-refractivity contribution >= 4 is 17.5 Å². The third-order valence-corrected chi connectivity index (χ3v) is 5.07. The quantitative estimate of drug-likeness (QED) is 0.713. The standard InChI is InChI=1S/C22H25F2N3O3/c1-15(2)27(17-8-5-11-25-13-17)20(28)16-7-6-12-26(14-16)21(29)18-9-3-4-10-19(18)30-22(23)24/h3-5,8-11,13,15-16,22H,6-7,12,14H2,1-2H3. The van der Waals surface area contributed by atoms with E-state index >= 15 is 0 Å². The van der Waals surface area contributed by atoms with Gasteiger partial charge in [0.05, 0.1) is 23.4 Å². The summed E-state index contributed by atoms with van der Waals surface area (Å²) >= 11 is 0. The zero-order valence-electron chi connectivity index (χ0n) is 17.0. The summed E-state index contributed by atoms with van der Waals surface area (Å²) in [6, 6.07) is 9.46. The fourth-order valence-electron chi connectivity index (χ4n) is 3.75. The minimum Gasteiger partial charge on any atom is -0.434 e. The van der Waals surface area contributed by atoms with Crippen LogP contribution >= 0.6 is 0 Å². The number of likely N-dealkylation sites (tertiary alicyclic amines) is 1. The van der Waals surface area contributed by atoms with Gasteiger partial charge in [-0.3, -0.25) is 14.6 Å². The Labute approximate surface area is 174 Å². The number of carbonyl (C=O) groups is 2. The molecule has 3 rings (SSSR count). The second-order valence-electron chi connectivity index (χ2n) is 7.48. The number of alkyl halides is 2. The first-order chi connectivity index (χ1) is 14.4. The van der Waals surface area contributed by atoms with Gasteiger partial charge < -0.3 is 14.5 Å². The molecule has 0 bridgehead atoms. The number of carbonyl (C=O) groups excluding carboxylic acids is 2. The van der Waals surface area contributed by atoms with E-state index < -0.39 is 12.5 Å². The summed E-state index contributed by atoms with van der Waals surface area (Å²) in [6.45, 7) is 1.52. The van der Waals surface area contributed by atoms with Crippen molar-refractivity contribution < 1.29 is 23.1 Å². The summed E-state index contributed by atoms with van der Waals surface area (Å²) in [5, 5.41) is 0. The van der Waals surface area contributed by atoms with Gasteiger partial charge in [-0.1, -0.05) is 12.1 Å². The second-order valence-corrected chi connectivity index (χ2v) is 7.48. The molecule has 1 aliphatic heterocycles. The number of para-hydroxylation sites is 1. The second kappa shape index (κ2) is 9.65. The van der Waals surface area contributed by atoms with Crippen molar-refractivity contribution in [3.63, 3.8) is 0 Å². The minimum atomic E-state index is -3.02. The van der Waals surface area contributed by atoms with Gasteiger partial charge in [0.1, 0.15) is 5.75 Å². The molecule has 6 nitrogen and oxygen atoms in total. The summed E-state index contributed by atoms with van der Waals surface area (Å²) in [4.78, 5) is 33.6. The lowest BCUT2D eigenvalue weighted by Gasteiger charge is -2.36. The number of halogens is 2. The van der Waals surface area contributed by atoms with Crippen molar-refractivity contribution in [2.75, 3.05) is 18.0 Å². The Kier molecular flexibility index (Phi) is 6.97. The molecule has 1 aromatic heterocycles. The van der Waals surface area contributed by atoms with Gasteiger partial charge in [-0.15, -0.1) is 0 Å². The molecule has 0 N–H and O–H groups in total.